The highest BCUT2D eigenvalue weighted by atomic mass is 35.5. The molecule has 0 aliphatic rings. The first kappa shape index (κ1) is 13.1. The van der Waals surface area contributed by atoms with Crippen molar-refractivity contribution in [1.82, 2.24) is 4.98 Å². The molecule has 3 rings (SSSR count). The van der Waals surface area contributed by atoms with Gasteiger partial charge in [0.05, 0.1) is 5.52 Å². The fourth-order valence-corrected chi connectivity index (χ4v) is 1.85. The Morgan fingerprint density at radius 3 is 2.47 bits per heavy atom. The van der Waals surface area contributed by atoms with Crippen LogP contribution < -0.4 is 11.4 Å². The van der Waals surface area contributed by atoms with Crippen LogP contribution in [0.15, 0.2) is 57.7 Å². The maximum atomic E-state index is 11.9. The normalized spacial score (nSPS) is 10.1. The number of halogens is 1. The monoisotopic (exact) mass is 274 g/mol. The molecule has 3 aromatic rings. The molecule has 0 amide bonds. The fraction of sp³-hybridized carbons (Fsp3) is 0. The van der Waals surface area contributed by atoms with Gasteiger partial charge < -0.3 is 10.2 Å². The smallest absolute Gasteiger partial charge is 0.349 e. The van der Waals surface area contributed by atoms with Crippen LogP contribution in [0.2, 0.25) is 0 Å². The molecule has 0 aliphatic carbocycles. The van der Waals surface area contributed by atoms with Gasteiger partial charge in [0.25, 0.3) is 0 Å². The van der Waals surface area contributed by atoms with Crippen molar-refractivity contribution in [2.75, 3.05) is 5.73 Å². The second kappa shape index (κ2) is 5.12. The van der Waals surface area contributed by atoms with E-state index in [0.717, 1.165) is 5.56 Å². The zero-order valence-corrected chi connectivity index (χ0v) is 10.7. The number of anilines is 1. The first-order valence-corrected chi connectivity index (χ1v) is 5.50. The molecule has 0 saturated heterocycles. The number of hydrogen-bond acceptors (Lipinski definition) is 4. The zero-order chi connectivity index (χ0) is 12.5. The van der Waals surface area contributed by atoms with E-state index < -0.39 is 5.63 Å². The summed E-state index contributed by atoms with van der Waals surface area (Å²) in [6.45, 7) is 0. The van der Waals surface area contributed by atoms with E-state index in [-0.39, 0.29) is 12.4 Å². The lowest BCUT2D eigenvalue weighted by atomic mass is 10.2. The SMILES string of the molecule is Cl.Nc1cccc2nc(-c3ccccc3)oc(=O)c12. The van der Waals surface area contributed by atoms with Crippen LogP contribution in [0.1, 0.15) is 0 Å². The zero-order valence-electron chi connectivity index (χ0n) is 9.87. The molecule has 0 radical (unpaired) electrons. The van der Waals surface area contributed by atoms with E-state index in [0.29, 0.717) is 22.5 Å². The van der Waals surface area contributed by atoms with Crippen molar-refractivity contribution in [1.29, 1.82) is 0 Å². The Labute approximate surface area is 115 Å². The third-order valence-electron chi connectivity index (χ3n) is 2.71. The summed E-state index contributed by atoms with van der Waals surface area (Å²) < 4.78 is 5.21. The predicted octanol–water partition coefficient (Wildman–Crippen LogP) is 2.86. The highest BCUT2D eigenvalue weighted by Gasteiger charge is 2.09. The van der Waals surface area contributed by atoms with Crippen molar-refractivity contribution < 1.29 is 4.42 Å². The maximum Gasteiger partial charge on any atom is 0.349 e. The van der Waals surface area contributed by atoms with Gasteiger partial charge >= 0.3 is 5.63 Å². The minimum Gasteiger partial charge on any atom is -0.403 e. The van der Waals surface area contributed by atoms with Crippen molar-refractivity contribution in [2.45, 2.75) is 0 Å². The molecular formula is C14H11ClN2O2. The van der Waals surface area contributed by atoms with Gasteiger partial charge in [-0.3, -0.25) is 0 Å². The van der Waals surface area contributed by atoms with E-state index in [9.17, 15) is 4.79 Å². The van der Waals surface area contributed by atoms with Crippen LogP contribution in [0.3, 0.4) is 0 Å². The summed E-state index contributed by atoms with van der Waals surface area (Å²) >= 11 is 0. The molecule has 4 nitrogen and oxygen atoms in total. The number of fused-ring (bicyclic) bond motifs is 1. The number of benzene rings is 2. The first-order valence-electron chi connectivity index (χ1n) is 5.50. The van der Waals surface area contributed by atoms with Gasteiger partial charge in [0.2, 0.25) is 5.89 Å². The Kier molecular flexibility index (Phi) is 3.53. The second-order valence-electron chi connectivity index (χ2n) is 3.91. The molecule has 0 unspecified atom stereocenters. The predicted molar refractivity (Wildman–Crippen MR) is 77.4 cm³/mol. The second-order valence-corrected chi connectivity index (χ2v) is 3.91. The van der Waals surface area contributed by atoms with E-state index in [1.807, 2.05) is 30.3 Å². The average molecular weight is 275 g/mol. The van der Waals surface area contributed by atoms with Crippen LogP contribution in [0.25, 0.3) is 22.4 Å². The van der Waals surface area contributed by atoms with E-state index in [1.54, 1.807) is 18.2 Å². The summed E-state index contributed by atoms with van der Waals surface area (Å²) in [5.41, 5.74) is 6.98. The van der Waals surface area contributed by atoms with Gasteiger partial charge in [-0.05, 0) is 24.3 Å². The van der Waals surface area contributed by atoms with Crippen molar-refractivity contribution in [3.05, 3.63) is 59.0 Å². The average Bonchev–Trinajstić information content (AvgIpc) is 2.39. The Morgan fingerprint density at radius 2 is 1.74 bits per heavy atom. The highest BCUT2D eigenvalue weighted by Crippen LogP contribution is 2.20. The van der Waals surface area contributed by atoms with Crippen LogP contribution in [0, 0.1) is 0 Å². The lowest BCUT2D eigenvalue weighted by Crippen LogP contribution is -2.05. The standard InChI is InChI=1S/C14H10N2O2.ClH/c15-10-7-4-8-11-12(10)14(17)18-13(16-11)9-5-2-1-3-6-9;/h1-8H,15H2;1H. The summed E-state index contributed by atoms with van der Waals surface area (Å²) in [5, 5.41) is 0.331. The molecule has 5 heteroatoms. The van der Waals surface area contributed by atoms with Crippen molar-refractivity contribution >= 4 is 29.0 Å². The molecule has 0 bridgehead atoms. The largest absolute Gasteiger partial charge is 0.403 e. The van der Waals surface area contributed by atoms with Crippen molar-refractivity contribution in [3.8, 4) is 11.5 Å². The number of rotatable bonds is 1. The molecule has 2 aromatic carbocycles. The molecule has 1 heterocycles. The summed E-state index contributed by atoms with van der Waals surface area (Å²) in [6.07, 6.45) is 0. The highest BCUT2D eigenvalue weighted by molar-refractivity contribution is 5.89. The van der Waals surface area contributed by atoms with E-state index >= 15 is 0 Å². The van der Waals surface area contributed by atoms with Crippen molar-refractivity contribution in [3.63, 3.8) is 0 Å². The van der Waals surface area contributed by atoms with Crippen LogP contribution in [0.4, 0.5) is 5.69 Å². The minimum absolute atomic E-state index is 0. The molecule has 2 N–H and O–H groups in total. The molecule has 0 fully saturated rings. The lowest BCUT2D eigenvalue weighted by molar-refractivity contribution is 0.518. The Balaban J connectivity index is 0.00000133. The van der Waals surface area contributed by atoms with Gasteiger partial charge in [-0.15, -0.1) is 12.4 Å². The summed E-state index contributed by atoms with van der Waals surface area (Å²) in [4.78, 5) is 16.2. The maximum absolute atomic E-state index is 11.9. The molecule has 0 aliphatic heterocycles. The van der Waals surface area contributed by atoms with Crippen LogP contribution in [-0.4, -0.2) is 4.98 Å². The third kappa shape index (κ3) is 2.30. The van der Waals surface area contributed by atoms with Gasteiger partial charge in [-0.1, -0.05) is 24.3 Å². The molecule has 1 aromatic heterocycles. The Morgan fingerprint density at radius 1 is 1.00 bits per heavy atom. The first-order chi connectivity index (χ1) is 8.75. The molecular weight excluding hydrogens is 264 g/mol. The number of hydrogen-bond donors (Lipinski definition) is 1. The van der Waals surface area contributed by atoms with Crippen molar-refractivity contribution in [2.24, 2.45) is 0 Å². The molecule has 0 saturated carbocycles. The van der Waals surface area contributed by atoms with Gasteiger partial charge in [-0.25, -0.2) is 9.78 Å². The molecule has 96 valence electrons. The van der Waals surface area contributed by atoms with E-state index in [2.05, 4.69) is 4.98 Å². The topological polar surface area (TPSA) is 69.1 Å². The van der Waals surface area contributed by atoms with E-state index in [4.69, 9.17) is 10.2 Å². The van der Waals surface area contributed by atoms with Gasteiger partial charge in [-0.2, -0.15) is 0 Å². The summed E-state index contributed by atoms with van der Waals surface area (Å²) in [7, 11) is 0. The number of nitrogens with zero attached hydrogens (tertiary/aromatic N) is 1. The summed E-state index contributed by atoms with van der Waals surface area (Å²) in [6, 6.07) is 14.5. The van der Waals surface area contributed by atoms with E-state index in [1.165, 1.54) is 0 Å². The Bertz CT molecular complexity index is 769. The number of nitrogens with two attached hydrogens (primary N) is 1. The van der Waals surface area contributed by atoms with Gasteiger partial charge in [0, 0.05) is 11.3 Å². The minimum atomic E-state index is -0.461. The number of aromatic nitrogens is 1. The fourth-order valence-electron chi connectivity index (χ4n) is 1.85. The summed E-state index contributed by atoms with van der Waals surface area (Å²) in [5.74, 6) is 0.304. The van der Waals surface area contributed by atoms with Gasteiger partial charge in [0.15, 0.2) is 0 Å². The lowest BCUT2D eigenvalue weighted by Gasteiger charge is -2.02. The van der Waals surface area contributed by atoms with Crippen LogP contribution in [-0.2, 0) is 0 Å². The quantitative estimate of drug-likeness (QED) is 0.693. The van der Waals surface area contributed by atoms with Crippen LogP contribution >= 0.6 is 12.4 Å². The van der Waals surface area contributed by atoms with Crippen LogP contribution in [0.5, 0.6) is 0 Å². The molecule has 0 atom stereocenters. The van der Waals surface area contributed by atoms with Gasteiger partial charge in [0.1, 0.15) is 5.39 Å². The Hall–Kier alpha value is -2.33. The molecule has 0 spiro atoms. The molecule has 19 heavy (non-hydrogen) atoms. The number of nitrogen functional groups attached to an aromatic ring is 1. The third-order valence-corrected chi connectivity index (χ3v) is 2.71.